The quantitative estimate of drug-likeness (QED) is 0.598. The number of carbonyl (C=O) groups is 4. The lowest BCUT2D eigenvalue weighted by Crippen LogP contribution is -2.42. The van der Waals surface area contributed by atoms with Crippen LogP contribution in [0.5, 0.6) is 0 Å². The highest BCUT2D eigenvalue weighted by atomic mass is 79.9. The van der Waals surface area contributed by atoms with E-state index in [1.807, 2.05) is 6.07 Å². The van der Waals surface area contributed by atoms with Crippen molar-refractivity contribution in [2.75, 3.05) is 17.2 Å². The van der Waals surface area contributed by atoms with Crippen LogP contribution in [0.15, 0.2) is 53.0 Å². The number of amides is 5. The second kappa shape index (κ2) is 8.04. The molecular formula is C20H19BrN4O4. The van der Waals surface area contributed by atoms with Crippen LogP contribution in [0, 0.1) is 0 Å². The maximum absolute atomic E-state index is 12.9. The zero-order valence-corrected chi connectivity index (χ0v) is 17.4. The number of carbonyl (C=O) groups excluding carboxylic acids is 4. The van der Waals surface area contributed by atoms with Gasteiger partial charge in [-0.2, -0.15) is 0 Å². The van der Waals surface area contributed by atoms with Crippen LogP contribution in [0.3, 0.4) is 0 Å². The van der Waals surface area contributed by atoms with Gasteiger partial charge in [-0.05, 0) is 48.9 Å². The van der Waals surface area contributed by atoms with E-state index in [0.717, 1.165) is 9.37 Å². The molecule has 0 saturated carbocycles. The molecule has 3 rings (SSSR count). The average Bonchev–Trinajstić information content (AvgIpc) is 2.87. The van der Waals surface area contributed by atoms with Crippen LogP contribution in [-0.2, 0) is 19.9 Å². The highest BCUT2D eigenvalue weighted by Crippen LogP contribution is 2.30. The van der Waals surface area contributed by atoms with Gasteiger partial charge in [0.15, 0.2) is 0 Å². The lowest BCUT2D eigenvalue weighted by molar-refractivity contribution is -0.133. The summed E-state index contributed by atoms with van der Waals surface area (Å²) in [4.78, 5) is 49.5. The molecule has 1 aliphatic heterocycles. The Morgan fingerprint density at radius 3 is 2.28 bits per heavy atom. The minimum atomic E-state index is -1.25. The molecule has 1 atom stereocenters. The number of nitrogens with one attached hydrogen (secondary N) is 3. The van der Waals surface area contributed by atoms with Gasteiger partial charge in [0.2, 0.25) is 11.8 Å². The van der Waals surface area contributed by atoms with Gasteiger partial charge in [0, 0.05) is 22.8 Å². The van der Waals surface area contributed by atoms with E-state index in [1.165, 1.54) is 6.92 Å². The molecule has 1 saturated heterocycles. The third-order valence-electron chi connectivity index (χ3n) is 4.47. The second-order valence-corrected chi connectivity index (χ2v) is 7.68. The van der Waals surface area contributed by atoms with E-state index >= 15 is 0 Å². The predicted molar refractivity (Wildman–Crippen MR) is 111 cm³/mol. The molecule has 1 aliphatic rings. The van der Waals surface area contributed by atoms with Crippen LogP contribution in [-0.4, -0.2) is 35.2 Å². The summed E-state index contributed by atoms with van der Waals surface area (Å²) in [6, 6.07) is 12.9. The smallest absolute Gasteiger partial charge is 0.325 e. The maximum Gasteiger partial charge on any atom is 0.325 e. The summed E-state index contributed by atoms with van der Waals surface area (Å²) in [5.41, 5.74) is 0.434. The minimum Gasteiger partial charge on any atom is -0.326 e. The zero-order valence-electron chi connectivity index (χ0n) is 15.8. The first kappa shape index (κ1) is 20.5. The first-order chi connectivity index (χ1) is 13.7. The number of urea groups is 1. The first-order valence-electron chi connectivity index (χ1n) is 8.77. The largest absolute Gasteiger partial charge is 0.326 e. The summed E-state index contributed by atoms with van der Waals surface area (Å²) in [5.74, 6) is -1.22. The fourth-order valence-corrected chi connectivity index (χ4v) is 3.42. The van der Waals surface area contributed by atoms with Gasteiger partial charge in [-0.25, -0.2) is 4.79 Å². The lowest BCUT2D eigenvalue weighted by Gasteiger charge is -2.22. The van der Waals surface area contributed by atoms with E-state index in [1.54, 1.807) is 49.4 Å². The number of hydrogen-bond acceptors (Lipinski definition) is 4. The van der Waals surface area contributed by atoms with Crippen molar-refractivity contribution in [3.05, 3.63) is 58.6 Å². The van der Waals surface area contributed by atoms with Gasteiger partial charge in [-0.15, -0.1) is 0 Å². The molecule has 0 aromatic heterocycles. The van der Waals surface area contributed by atoms with Crippen molar-refractivity contribution in [1.82, 2.24) is 10.2 Å². The Labute approximate surface area is 175 Å². The van der Waals surface area contributed by atoms with E-state index in [0.29, 0.717) is 16.9 Å². The molecule has 29 heavy (non-hydrogen) atoms. The van der Waals surface area contributed by atoms with Gasteiger partial charge in [-0.3, -0.25) is 19.3 Å². The van der Waals surface area contributed by atoms with Crippen molar-refractivity contribution in [2.45, 2.75) is 19.4 Å². The Morgan fingerprint density at radius 1 is 1.07 bits per heavy atom. The van der Waals surface area contributed by atoms with Crippen LogP contribution in [0.25, 0.3) is 0 Å². The molecule has 9 heteroatoms. The van der Waals surface area contributed by atoms with Crippen molar-refractivity contribution in [1.29, 1.82) is 0 Å². The van der Waals surface area contributed by atoms with Crippen LogP contribution in [0.4, 0.5) is 16.2 Å². The molecule has 0 bridgehead atoms. The molecule has 1 heterocycles. The molecule has 2 aromatic rings. The monoisotopic (exact) mass is 458 g/mol. The highest BCUT2D eigenvalue weighted by Gasteiger charge is 2.49. The van der Waals surface area contributed by atoms with Crippen LogP contribution >= 0.6 is 15.9 Å². The number of halogens is 1. The predicted octanol–water partition coefficient (Wildman–Crippen LogP) is 2.81. The number of anilines is 2. The Balaban J connectivity index is 1.68. The van der Waals surface area contributed by atoms with Crippen molar-refractivity contribution in [3.8, 4) is 0 Å². The van der Waals surface area contributed by atoms with Crippen molar-refractivity contribution >= 4 is 51.1 Å². The summed E-state index contributed by atoms with van der Waals surface area (Å²) < 4.78 is 0.775. The Kier molecular flexibility index (Phi) is 5.69. The lowest BCUT2D eigenvalue weighted by atomic mass is 9.92. The molecule has 3 N–H and O–H groups in total. The third-order valence-corrected chi connectivity index (χ3v) is 4.96. The van der Waals surface area contributed by atoms with E-state index in [9.17, 15) is 19.2 Å². The highest BCUT2D eigenvalue weighted by molar-refractivity contribution is 9.10. The van der Waals surface area contributed by atoms with Crippen molar-refractivity contribution < 1.29 is 19.2 Å². The number of hydrogen-bond donors (Lipinski definition) is 3. The molecule has 150 valence electrons. The minimum absolute atomic E-state index is 0.200. The van der Waals surface area contributed by atoms with Gasteiger partial charge in [0.05, 0.1) is 0 Å². The molecule has 8 nitrogen and oxygen atoms in total. The van der Waals surface area contributed by atoms with Crippen LogP contribution in [0.2, 0.25) is 0 Å². The third kappa shape index (κ3) is 4.45. The number of benzene rings is 2. The van der Waals surface area contributed by atoms with Gasteiger partial charge < -0.3 is 16.0 Å². The number of rotatable bonds is 5. The average molecular weight is 459 g/mol. The molecule has 0 aliphatic carbocycles. The molecule has 2 aromatic carbocycles. The summed E-state index contributed by atoms with van der Waals surface area (Å²) in [7, 11) is 0. The maximum atomic E-state index is 12.9. The zero-order chi connectivity index (χ0) is 21.2. The van der Waals surface area contributed by atoms with E-state index in [4.69, 9.17) is 0 Å². The summed E-state index contributed by atoms with van der Waals surface area (Å²) in [6.07, 6.45) is 0. The van der Waals surface area contributed by atoms with E-state index < -0.39 is 29.9 Å². The Bertz CT molecular complexity index is 992. The van der Waals surface area contributed by atoms with Crippen LogP contribution in [0.1, 0.15) is 19.4 Å². The van der Waals surface area contributed by atoms with Gasteiger partial charge in [-0.1, -0.05) is 28.1 Å². The van der Waals surface area contributed by atoms with E-state index in [-0.39, 0.29) is 5.91 Å². The fourth-order valence-electron chi connectivity index (χ4n) is 3.02. The Hall–Kier alpha value is -3.20. The molecule has 1 fully saturated rings. The van der Waals surface area contributed by atoms with Gasteiger partial charge >= 0.3 is 6.03 Å². The normalized spacial score (nSPS) is 18.4. The number of nitrogens with zero attached hydrogens (tertiary/aromatic N) is 1. The molecule has 1 unspecified atom stereocenters. The SMILES string of the molecule is CC(=O)Nc1ccc(NC(=O)CN2C(=O)NC(C)(c3cccc(Br)c3)C2=O)cc1. The van der Waals surface area contributed by atoms with Gasteiger partial charge in [0.1, 0.15) is 12.1 Å². The molecular weight excluding hydrogens is 440 g/mol. The summed E-state index contributed by atoms with van der Waals surface area (Å²) >= 11 is 3.35. The molecule has 0 spiro atoms. The fraction of sp³-hybridized carbons (Fsp3) is 0.200. The standard InChI is InChI=1S/C20H19BrN4O4/c1-12(26)22-15-6-8-16(9-7-15)23-17(27)11-25-18(28)20(2,24-19(25)29)13-4-3-5-14(21)10-13/h3-10H,11H2,1-2H3,(H,22,26)(H,23,27)(H,24,29). The second-order valence-electron chi connectivity index (χ2n) is 6.76. The van der Waals surface area contributed by atoms with Crippen molar-refractivity contribution in [2.24, 2.45) is 0 Å². The molecule has 0 radical (unpaired) electrons. The summed E-state index contributed by atoms with van der Waals surface area (Å²) in [6.45, 7) is 2.59. The van der Waals surface area contributed by atoms with Crippen molar-refractivity contribution in [3.63, 3.8) is 0 Å². The number of imide groups is 1. The Morgan fingerprint density at radius 2 is 1.69 bits per heavy atom. The van der Waals surface area contributed by atoms with Gasteiger partial charge in [0.25, 0.3) is 5.91 Å². The topological polar surface area (TPSA) is 108 Å². The first-order valence-corrected chi connectivity index (χ1v) is 9.56. The van der Waals surface area contributed by atoms with Crippen LogP contribution < -0.4 is 16.0 Å². The summed E-state index contributed by atoms with van der Waals surface area (Å²) in [5, 5.41) is 7.92. The van der Waals surface area contributed by atoms with E-state index in [2.05, 4.69) is 31.9 Å². The molecule has 5 amide bonds.